The second-order valence-electron chi connectivity index (χ2n) is 5.07. The van der Waals surface area contributed by atoms with E-state index >= 15 is 0 Å². The number of hydrogen-bond donors (Lipinski definition) is 2. The van der Waals surface area contributed by atoms with Crippen LogP contribution < -0.4 is 5.32 Å². The first-order valence-electron chi connectivity index (χ1n) is 6.77. The van der Waals surface area contributed by atoms with Crippen LogP contribution in [-0.2, 0) is 19.6 Å². The number of carboxylic acid groups (broad SMARTS) is 1. The van der Waals surface area contributed by atoms with Crippen molar-refractivity contribution in [3.63, 3.8) is 0 Å². The molecule has 8 heteroatoms. The average molecular weight is 306 g/mol. The van der Waals surface area contributed by atoms with E-state index in [1.54, 1.807) is 0 Å². The highest BCUT2D eigenvalue weighted by atomic mass is 32.2. The third-order valence-corrected chi connectivity index (χ3v) is 4.68. The number of carbonyl (C=O) groups is 2. The second kappa shape index (κ2) is 7.03. The van der Waals surface area contributed by atoms with Gasteiger partial charge >= 0.3 is 5.97 Å². The minimum atomic E-state index is -3.44. The van der Waals surface area contributed by atoms with Gasteiger partial charge < -0.3 is 10.4 Å². The summed E-state index contributed by atoms with van der Waals surface area (Å²) in [6.45, 7) is 2.24. The number of amides is 1. The second-order valence-corrected chi connectivity index (χ2v) is 7.01. The molecule has 1 aliphatic rings. The largest absolute Gasteiger partial charge is 0.480 e. The summed E-state index contributed by atoms with van der Waals surface area (Å²) in [5.41, 5.74) is 0. The molecule has 1 amide bonds. The molecule has 1 unspecified atom stereocenters. The van der Waals surface area contributed by atoms with E-state index in [0.29, 0.717) is 32.2 Å². The lowest BCUT2D eigenvalue weighted by molar-refractivity contribution is -0.142. The van der Waals surface area contributed by atoms with Crippen molar-refractivity contribution in [1.29, 1.82) is 0 Å². The standard InChI is InChI=1S/C12H22N2O5S/c1-3-4-6-9(12(16)17)13-11(15)10-7-5-8-14(10)20(2,18)19/h9-10H,3-8H2,1-2H3,(H,13,15)(H,16,17)/t9-,10?/m0/s1. The van der Waals surface area contributed by atoms with E-state index in [0.717, 1.165) is 17.0 Å². The van der Waals surface area contributed by atoms with E-state index < -0.39 is 34.0 Å². The molecule has 1 fully saturated rings. The molecule has 0 saturated carbocycles. The molecule has 2 N–H and O–H groups in total. The van der Waals surface area contributed by atoms with Gasteiger partial charge in [-0.15, -0.1) is 0 Å². The summed E-state index contributed by atoms with van der Waals surface area (Å²) in [6.07, 6.45) is 3.97. The maximum Gasteiger partial charge on any atom is 0.326 e. The van der Waals surface area contributed by atoms with Crippen molar-refractivity contribution >= 4 is 21.9 Å². The zero-order chi connectivity index (χ0) is 15.3. The maximum absolute atomic E-state index is 12.1. The van der Waals surface area contributed by atoms with Gasteiger partial charge in [-0.2, -0.15) is 4.31 Å². The smallest absolute Gasteiger partial charge is 0.326 e. The van der Waals surface area contributed by atoms with Crippen LogP contribution in [0.1, 0.15) is 39.0 Å². The Bertz CT molecular complexity index is 462. The minimum Gasteiger partial charge on any atom is -0.480 e. The Labute approximate surface area is 119 Å². The molecule has 7 nitrogen and oxygen atoms in total. The Hall–Kier alpha value is -1.15. The summed E-state index contributed by atoms with van der Waals surface area (Å²) in [5, 5.41) is 11.5. The molecule has 0 aromatic carbocycles. The topological polar surface area (TPSA) is 104 Å². The molecule has 0 bridgehead atoms. The predicted octanol–water partition coefficient (Wildman–Crippen LogP) is 0.170. The van der Waals surface area contributed by atoms with Gasteiger partial charge in [0, 0.05) is 6.54 Å². The Morgan fingerprint density at radius 1 is 1.45 bits per heavy atom. The molecule has 0 aliphatic carbocycles. The number of carboxylic acids is 1. The van der Waals surface area contributed by atoms with Gasteiger partial charge in [0.05, 0.1) is 6.26 Å². The first kappa shape index (κ1) is 16.9. The molecule has 1 aliphatic heterocycles. The van der Waals surface area contributed by atoms with Gasteiger partial charge in [-0.1, -0.05) is 19.8 Å². The molecule has 1 saturated heterocycles. The molecule has 0 radical (unpaired) electrons. The van der Waals surface area contributed by atoms with Crippen molar-refractivity contribution in [3.05, 3.63) is 0 Å². The van der Waals surface area contributed by atoms with Crippen LogP contribution in [-0.4, -0.2) is 54.6 Å². The highest BCUT2D eigenvalue weighted by Crippen LogP contribution is 2.20. The molecule has 1 heterocycles. The van der Waals surface area contributed by atoms with Crippen LogP contribution in [0.2, 0.25) is 0 Å². The van der Waals surface area contributed by atoms with Crippen molar-refractivity contribution < 1.29 is 23.1 Å². The quantitative estimate of drug-likeness (QED) is 0.698. The normalized spacial score (nSPS) is 21.6. The SMILES string of the molecule is CCCC[C@H](NC(=O)C1CCCN1S(C)(=O)=O)C(=O)O. The number of rotatable bonds is 7. The summed E-state index contributed by atoms with van der Waals surface area (Å²) in [4.78, 5) is 23.2. The lowest BCUT2D eigenvalue weighted by atomic mass is 10.1. The Morgan fingerprint density at radius 2 is 2.10 bits per heavy atom. The zero-order valence-corrected chi connectivity index (χ0v) is 12.6. The molecular formula is C12H22N2O5S. The van der Waals surface area contributed by atoms with Gasteiger partial charge in [0.25, 0.3) is 0 Å². The van der Waals surface area contributed by atoms with E-state index in [1.807, 2.05) is 6.92 Å². The fraction of sp³-hybridized carbons (Fsp3) is 0.833. The Balaban J connectivity index is 2.71. The number of unbranched alkanes of at least 4 members (excludes halogenated alkanes) is 1. The summed E-state index contributed by atoms with van der Waals surface area (Å²) in [7, 11) is -3.44. The van der Waals surface area contributed by atoms with Gasteiger partial charge in [0.15, 0.2) is 0 Å². The van der Waals surface area contributed by atoms with Crippen molar-refractivity contribution in [2.24, 2.45) is 0 Å². The maximum atomic E-state index is 12.1. The molecule has 0 aromatic heterocycles. The predicted molar refractivity (Wildman–Crippen MR) is 73.7 cm³/mol. The summed E-state index contributed by atoms with van der Waals surface area (Å²) in [6, 6.07) is -1.74. The van der Waals surface area contributed by atoms with Crippen LogP contribution in [0.5, 0.6) is 0 Å². The highest BCUT2D eigenvalue weighted by Gasteiger charge is 2.37. The summed E-state index contributed by atoms with van der Waals surface area (Å²) >= 11 is 0. The Kier molecular flexibility index (Phi) is 5.94. The van der Waals surface area contributed by atoms with E-state index in [2.05, 4.69) is 5.32 Å². The molecule has 1 rings (SSSR count). The van der Waals surface area contributed by atoms with Gasteiger partial charge in [-0.3, -0.25) is 4.79 Å². The highest BCUT2D eigenvalue weighted by molar-refractivity contribution is 7.88. The summed E-state index contributed by atoms with van der Waals surface area (Å²) in [5.74, 6) is -1.60. The van der Waals surface area contributed by atoms with Crippen molar-refractivity contribution in [2.75, 3.05) is 12.8 Å². The van der Waals surface area contributed by atoms with Crippen LogP contribution in [0.25, 0.3) is 0 Å². The van der Waals surface area contributed by atoms with Gasteiger partial charge in [-0.25, -0.2) is 13.2 Å². The third kappa shape index (κ3) is 4.45. The van der Waals surface area contributed by atoms with E-state index in [1.165, 1.54) is 0 Å². The molecule has 116 valence electrons. The number of aliphatic carboxylic acids is 1. The van der Waals surface area contributed by atoms with E-state index in [-0.39, 0.29) is 0 Å². The minimum absolute atomic E-state index is 0.309. The van der Waals surface area contributed by atoms with Crippen LogP contribution >= 0.6 is 0 Å². The van der Waals surface area contributed by atoms with Crippen molar-refractivity contribution in [1.82, 2.24) is 9.62 Å². The molecular weight excluding hydrogens is 284 g/mol. The Morgan fingerprint density at radius 3 is 2.60 bits per heavy atom. The number of sulfonamides is 1. The van der Waals surface area contributed by atoms with Crippen LogP contribution in [0.4, 0.5) is 0 Å². The number of nitrogens with one attached hydrogen (secondary N) is 1. The summed E-state index contributed by atoms with van der Waals surface area (Å²) < 4.78 is 24.3. The van der Waals surface area contributed by atoms with Crippen molar-refractivity contribution in [2.45, 2.75) is 51.1 Å². The third-order valence-electron chi connectivity index (χ3n) is 3.39. The zero-order valence-electron chi connectivity index (χ0n) is 11.8. The first-order chi connectivity index (χ1) is 9.27. The van der Waals surface area contributed by atoms with Crippen LogP contribution in [0, 0.1) is 0 Å². The van der Waals surface area contributed by atoms with Crippen LogP contribution in [0.3, 0.4) is 0 Å². The number of nitrogens with zero attached hydrogens (tertiary/aromatic N) is 1. The van der Waals surface area contributed by atoms with E-state index in [4.69, 9.17) is 5.11 Å². The monoisotopic (exact) mass is 306 g/mol. The van der Waals surface area contributed by atoms with Gasteiger partial charge in [-0.05, 0) is 19.3 Å². The lowest BCUT2D eigenvalue weighted by Gasteiger charge is -2.23. The molecule has 0 spiro atoms. The van der Waals surface area contributed by atoms with Gasteiger partial charge in [0.1, 0.15) is 12.1 Å². The van der Waals surface area contributed by atoms with E-state index in [9.17, 15) is 18.0 Å². The molecule has 0 aromatic rings. The number of carbonyl (C=O) groups excluding carboxylic acids is 1. The van der Waals surface area contributed by atoms with Crippen molar-refractivity contribution in [3.8, 4) is 0 Å². The first-order valence-corrected chi connectivity index (χ1v) is 8.62. The fourth-order valence-corrected chi connectivity index (χ4v) is 3.46. The average Bonchev–Trinajstić information content (AvgIpc) is 2.82. The molecule has 20 heavy (non-hydrogen) atoms. The fourth-order valence-electron chi connectivity index (χ4n) is 2.33. The van der Waals surface area contributed by atoms with Gasteiger partial charge in [0.2, 0.25) is 15.9 Å². The van der Waals surface area contributed by atoms with Crippen LogP contribution in [0.15, 0.2) is 0 Å². The lowest BCUT2D eigenvalue weighted by Crippen LogP contribution is -2.50. The molecule has 2 atom stereocenters. The number of hydrogen-bond acceptors (Lipinski definition) is 4.